The van der Waals surface area contributed by atoms with E-state index < -0.39 is 24.5 Å². The largest absolute Gasteiger partial charge is 0.457 e. The van der Waals surface area contributed by atoms with Crippen LogP contribution in [0.15, 0.2) is 54.6 Å². The number of carbonyl (C=O) groups is 3. The quantitative estimate of drug-likeness (QED) is 0.696. The predicted molar refractivity (Wildman–Crippen MR) is 99.5 cm³/mol. The van der Waals surface area contributed by atoms with Crippen LogP contribution in [0.1, 0.15) is 24.2 Å². The Morgan fingerprint density at radius 2 is 1.59 bits per heavy atom. The smallest absolute Gasteiger partial charge is 0.338 e. The van der Waals surface area contributed by atoms with Crippen molar-refractivity contribution in [3.05, 3.63) is 60.2 Å². The first kappa shape index (κ1) is 20.0. The number of benzene rings is 2. The van der Waals surface area contributed by atoms with Gasteiger partial charge in [0.05, 0.1) is 5.56 Å². The summed E-state index contributed by atoms with van der Waals surface area (Å²) in [5.74, 6) is -0.226. The monoisotopic (exact) mass is 370 g/mol. The molecule has 2 rings (SSSR count). The lowest BCUT2D eigenvalue weighted by Gasteiger charge is -2.13. The molecule has 0 unspecified atom stereocenters. The fraction of sp³-hybridized carbons (Fsp3) is 0.250. The van der Waals surface area contributed by atoms with Crippen LogP contribution in [0, 0.1) is 0 Å². The maximum atomic E-state index is 12.0. The lowest BCUT2D eigenvalue weighted by Crippen LogP contribution is -2.46. The molecule has 142 valence electrons. The van der Waals surface area contributed by atoms with E-state index in [2.05, 4.69) is 10.6 Å². The predicted octanol–water partition coefficient (Wildman–Crippen LogP) is 2.28. The maximum Gasteiger partial charge on any atom is 0.338 e. The molecule has 0 aliphatic rings. The van der Waals surface area contributed by atoms with Gasteiger partial charge in [0, 0.05) is 6.54 Å². The second-order valence-corrected chi connectivity index (χ2v) is 5.70. The van der Waals surface area contributed by atoms with Crippen LogP contribution >= 0.6 is 0 Å². The van der Waals surface area contributed by atoms with Crippen molar-refractivity contribution < 1.29 is 23.9 Å². The molecule has 0 aliphatic carbocycles. The number of esters is 1. The highest BCUT2D eigenvalue weighted by atomic mass is 16.5. The molecule has 2 aromatic carbocycles. The Morgan fingerprint density at radius 3 is 2.22 bits per heavy atom. The first-order valence-corrected chi connectivity index (χ1v) is 8.56. The molecule has 0 radical (unpaired) electrons. The van der Waals surface area contributed by atoms with E-state index in [0.717, 1.165) is 0 Å². The molecule has 0 aliphatic heterocycles. The fourth-order valence-electron chi connectivity index (χ4n) is 2.17. The summed E-state index contributed by atoms with van der Waals surface area (Å²) in [6.07, 6.45) is 0. The zero-order valence-electron chi connectivity index (χ0n) is 15.2. The highest BCUT2D eigenvalue weighted by Crippen LogP contribution is 2.21. The average Bonchev–Trinajstić information content (AvgIpc) is 2.67. The highest BCUT2D eigenvalue weighted by Gasteiger charge is 2.16. The summed E-state index contributed by atoms with van der Waals surface area (Å²) in [7, 11) is 0. The third-order valence-electron chi connectivity index (χ3n) is 3.53. The summed E-state index contributed by atoms with van der Waals surface area (Å²) in [5.41, 5.74) is 0.292. The van der Waals surface area contributed by atoms with Gasteiger partial charge in [0.1, 0.15) is 17.5 Å². The first-order chi connectivity index (χ1) is 13.0. The minimum absolute atomic E-state index is 0.292. The van der Waals surface area contributed by atoms with Crippen LogP contribution in [0.4, 0.5) is 0 Å². The van der Waals surface area contributed by atoms with Gasteiger partial charge in [0.2, 0.25) is 5.91 Å². The van der Waals surface area contributed by atoms with E-state index in [9.17, 15) is 14.4 Å². The molecule has 0 heterocycles. The Kier molecular flexibility index (Phi) is 7.37. The van der Waals surface area contributed by atoms with Crippen LogP contribution < -0.4 is 15.4 Å². The topological polar surface area (TPSA) is 93.7 Å². The summed E-state index contributed by atoms with van der Waals surface area (Å²) in [5, 5.41) is 5.05. The number of nitrogens with one attached hydrogen (secondary N) is 2. The Labute approximate surface area is 157 Å². The van der Waals surface area contributed by atoms with Crippen LogP contribution in [0.5, 0.6) is 11.5 Å². The number of amides is 2. The summed E-state index contributed by atoms with van der Waals surface area (Å²) in [6, 6.07) is 14.9. The van der Waals surface area contributed by atoms with E-state index in [1.165, 1.54) is 0 Å². The third kappa shape index (κ3) is 6.47. The lowest BCUT2D eigenvalue weighted by atomic mass is 10.2. The van der Waals surface area contributed by atoms with Crippen molar-refractivity contribution in [1.82, 2.24) is 10.6 Å². The fourth-order valence-corrected chi connectivity index (χ4v) is 2.17. The molecule has 2 amide bonds. The SMILES string of the molecule is CCNC(=O)[C@@H](C)NC(=O)COC(=O)c1ccc(Oc2ccccc2)cc1. The third-order valence-corrected chi connectivity index (χ3v) is 3.53. The molecule has 0 spiro atoms. The average molecular weight is 370 g/mol. The number of para-hydroxylation sites is 1. The van der Waals surface area contributed by atoms with Crippen LogP contribution in [0.3, 0.4) is 0 Å². The lowest BCUT2D eigenvalue weighted by molar-refractivity contribution is -0.130. The number of carbonyl (C=O) groups excluding carboxylic acids is 3. The Balaban J connectivity index is 1.82. The molecular weight excluding hydrogens is 348 g/mol. The number of likely N-dealkylation sites (N-methyl/N-ethyl adjacent to an activating group) is 1. The van der Waals surface area contributed by atoms with Gasteiger partial charge in [-0.15, -0.1) is 0 Å². The molecule has 2 N–H and O–H groups in total. The number of rotatable bonds is 8. The van der Waals surface area contributed by atoms with E-state index in [0.29, 0.717) is 23.6 Å². The molecule has 7 heteroatoms. The standard InChI is InChI=1S/C20H22N2O5/c1-3-21-19(24)14(2)22-18(23)13-26-20(25)15-9-11-17(12-10-15)27-16-7-5-4-6-8-16/h4-12,14H,3,13H2,1-2H3,(H,21,24)(H,22,23)/t14-/m1/s1. The Morgan fingerprint density at radius 1 is 0.963 bits per heavy atom. The number of ether oxygens (including phenoxy) is 2. The summed E-state index contributed by atoms with van der Waals surface area (Å²) >= 11 is 0. The van der Waals surface area contributed by atoms with Crippen molar-refractivity contribution >= 4 is 17.8 Å². The Hall–Kier alpha value is -3.35. The zero-order valence-corrected chi connectivity index (χ0v) is 15.2. The second kappa shape index (κ2) is 9.96. The van der Waals surface area contributed by atoms with Crippen molar-refractivity contribution in [3.8, 4) is 11.5 Å². The van der Waals surface area contributed by atoms with E-state index in [4.69, 9.17) is 9.47 Å². The zero-order chi connectivity index (χ0) is 19.6. The van der Waals surface area contributed by atoms with Crippen molar-refractivity contribution in [2.75, 3.05) is 13.2 Å². The normalized spacial score (nSPS) is 11.2. The number of hydrogen-bond acceptors (Lipinski definition) is 5. The molecular formula is C20H22N2O5. The van der Waals surface area contributed by atoms with Crippen molar-refractivity contribution in [2.24, 2.45) is 0 Å². The van der Waals surface area contributed by atoms with Crippen LogP contribution in [-0.2, 0) is 14.3 Å². The maximum absolute atomic E-state index is 12.0. The van der Waals surface area contributed by atoms with Crippen LogP contribution in [-0.4, -0.2) is 37.0 Å². The Bertz CT molecular complexity index is 775. The molecule has 0 saturated carbocycles. The van der Waals surface area contributed by atoms with E-state index in [1.807, 2.05) is 30.3 Å². The van der Waals surface area contributed by atoms with Crippen LogP contribution in [0.25, 0.3) is 0 Å². The minimum atomic E-state index is -0.703. The molecule has 0 aromatic heterocycles. The second-order valence-electron chi connectivity index (χ2n) is 5.70. The summed E-state index contributed by atoms with van der Waals surface area (Å²) in [4.78, 5) is 35.3. The van der Waals surface area contributed by atoms with Gasteiger partial charge in [0.25, 0.3) is 5.91 Å². The molecule has 0 saturated heterocycles. The van der Waals surface area contributed by atoms with Gasteiger partial charge in [0.15, 0.2) is 6.61 Å². The van der Waals surface area contributed by atoms with E-state index in [-0.39, 0.29) is 5.91 Å². The van der Waals surface area contributed by atoms with Gasteiger partial charge in [-0.3, -0.25) is 9.59 Å². The molecule has 27 heavy (non-hydrogen) atoms. The van der Waals surface area contributed by atoms with Crippen molar-refractivity contribution in [3.63, 3.8) is 0 Å². The van der Waals surface area contributed by atoms with Crippen LogP contribution in [0.2, 0.25) is 0 Å². The summed E-state index contributed by atoms with van der Waals surface area (Å²) < 4.78 is 10.6. The molecule has 7 nitrogen and oxygen atoms in total. The van der Waals surface area contributed by atoms with Crippen molar-refractivity contribution in [1.29, 1.82) is 0 Å². The minimum Gasteiger partial charge on any atom is -0.457 e. The van der Waals surface area contributed by atoms with Gasteiger partial charge >= 0.3 is 5.97 Å². The highest BCUT2D eigenvalue weighted by molar-refractivity contribution is 5.92. The van der Waals surface area contributed by atoms with Gasteiger partial charge in [-0.25, -0.2) is 4.79 Å². The van der Waals surface area contributed by atoms with E-state index >= 15 is 0 Å². The van der Waals surface area contributed by atoms with Gasteiger partial charge in [-0.2, -0.15) is 0 Å². The molecule has 0 fully saturated rings. The summed E-state index contributed by atoms with van der Waals surface area (Å²) in [6.45, 7) is 3.34. The first-order valence-electron chi connectivity index (χ1n) is 8.56. The molecule has 0 bridgehead atoms. The van der Waals surface area contributed by atoms with Gasteiger partial charge < -0.3 is 20.1 Å². The molecule has 1 atom stereocenters. The van der Waals surface area contributed by atoms with Gasteiger partial charge in [-0.1, -0.05) is 18.2 Å². The number of hydrogen-bond donors (Lipinski definition) is 2. The molecule has 2 aromatic rings. The van der Waals surface area contributed by atoms with Gasteiger partial charge in [-0.05, 0) is 50.2 Å². The van der Waals surface area contributed by atoms with Crippen molar-refractivity contribution in [2.45, 2.75) is 19.9 Å². The van der Waals surface area contributed by atoms with E-state index in [1.54, 1.807) is 38.1 Å².